The maximum atomic E-state index is 13.0. The Bertz CT molecular complexity index is 1380. The van der Waals surface area contributed by atoms with Crippen LogP contribution in [0, 0.1) is 24.0 Å². The highest BCUT2D eigenvalue weighted by atomic mass is 16.6. The van der Waals surface area contributed by atoms with Crippen molar-refractivity contribution in [2.75, 3.05) is 12.1 Å². The van der Waals surface area contributed by atoms with Crippen LogP contribution in [0.3, 0.4) is 0 Å². The van der Waals surface area contributed by atoms with Gasteiger partial charge in [-0.3, -0.25) is 19.7 Å². The highest BCUT2D eigenvalue weighted by molar-refractivity contribution is 6.32. The number of carbonyl (C=O) groups is 2. The van der Waals surface area contributed by atoms with Crippen molar-refractivity contribution in [1.82, 2.24) is 5.32 Å². The molecule has 3 aromatic rings. The Kier molecular flexibility index (Phi) is 5.85. The molecule has 9 heteroatoms. The van der Waals surface area contributed by atoms with Gasteiger partial charge < -0.3 is 9.73 Å². The Morgan fingerprint density at radius 3 is 2.41 bits per heavy atom. The third kappa shape index (κ3) is 4.11. The molecule has 172 valence electrons. The fourth-order valence-corrected chi connectivity index (χ4v) is 3.62. The molecule has 34 heavy (non-hydrogen) atoms. The highest BCUT2D eigenvalue weighted by Gasteiger charge is 2.29. The minimum atomic E-state index is -0.437. The van der Waals surface area contributed by atoms with Crippen LogP contribution in [-0.2, 0) is 4.79 Å². The monoisotopic (exact) mass is 458 g/mol. The second-order valence-corrected chi connectivity index (χ2v) is 7.90. The molecule has 0 spiro atoms. The summed E-state index contributed by atoms with van der Waals surface area (Å²) >= 11 is 0. The highest BCUT2D eigenvalue weighted by Crippen LogP contribution is 2.34. The quantitative estimate of drug-likeness (QED) is 0.340. The molecule has 2 heterocycles. The zero-order chi connectivity index (χ0) is 24.6. The van der Waals surface area contributed by atoms with Gasteiger partial charge in [0.15, 0.2) is 0 Å². The van der Waals surface area contributed by atoms with E-state index in [2.05, 4.69) is 10.4 Å². The minimum Gasteiger partial charge on any atom is -0.456 e. The summed E-state index contributed by atoms with van der Waals surface area (Å²) in [5.74, 6) is 0.137. The summed E-state index contributed by atoms with van der Waals surface area (Å²) in [6.45, 7) is 5.40. The minimum absolute atomic E-state index is 0.0438. The molecule has 0 saturated heterocycles. The number of hydrogen-bond donors (Lipinski definition) is 1. The van der Waals surface area contributed by atoms with Crippen LogP contribution in [0.25, 0.3) is 17.4 Å². The molecule has 0 saturated carbocycles. The number of nitro benzene ring substituents is 1. The molecule has 0 radical (unpaired) electrons. The van der Waals surface area contributed by atoms with Gasteiger partial charge in [0.2, 0.25) is 0 Å². The lowest BCUT2D eigenvalue weighted by atomic mass is 10.0. The number of hydrogen-bond acceptors (Lipinski definition) is 6. The zero-order valence-corrected chi connectivity index (χ0v) is 19.1. The van der Waals surface area contributed by atoms with Gasteiger partial charge >= 0.3 is 0 Å². The molecular formula is C25H22N4O5. The maximum Gasteiger partial charge on any atom is 0.280 e. The fourth-order valence-electron chi connectivity index (χ4n) is 3.62. The molecule has 1 N–H and O–H groups in total. The van der Waals surface area contributed by atoms with E-state index in [1.165, 1.54) is 11.1 Å². The number of rotatable bonds is 5. The van der Waals surface area contributed by atoms with Crippen molar-refractivity contribution in [2.24, 2.45) is 5.10 Å². The van der Waals surface area contributed by atoms with Crippen LogP contribution in [0.5, 0.6) is 0 Å². The van der Waals surface area contributed by atoms with Crippen molar-refractivity contribution in [1.29, 1.82) is 0 Å². The normalized spacial score (nSPS) is 14.5. The number of aryl methyl sites for hydroxylation is 2. The van der Waals surface area contributed by atoms with Crippen molar-refractivity contribution in [3.63, 3.8) is 0 Å². The van der Waals surface area contributed by atoms with Gasteiger partial charge in [0.1, 0.15) is 11.5 Å². The number of nitro groups is 1. The van der Waals surface area contributed by atoms with Crippen LogP contribution in [-0.4, -0.2) is 29.5 Å². The number of nitrogens with zero attached hydrogens (tertiary/aromatic N) is 3. The average Bonchev–Trinajstić information content (AvgIpc) is 3.40. The Labute approximate surface area is 195 Å². The number of hydrazone groups is 1. The van der Waals surface area contributed by atoms with Crippen LogP contribution in [0.15, 0.2) is 63.6 Å². The lowest BCUT2D eigenvalue weighted by molar-refractivity contribution is -0.384. The number of furan rings is 1. The van der Waals surface area contributed by atoms with E-state index in [9.17, 15) is 19.7 Å². The van der Waals surface area contributed by atoms with E-state index in [1.807, 2.05) is 13.8 Å². The summed E-state index contributed by atoms with van der Waals surface area (Å²) in [5, 5.41) is 19.7. The third-order valence-electron chi connectivity index (χ3n) is 5.65. The van der Waals surface area contributed by atoms with Gasteiger partial charge in [0.25, 0.3) is 17.5 Å². The predicted molar refractivity (Wildman–Crippen MR) is 129 cm³/mol. The zero-order valence-electron chi connectivity index (χ0n) is 19.1. The predicted octanol–water partition coefficient (Wildman–Crippen LogP) is 4.64. The van der Waals surface area contributed by atoms with Crippen LogP contribution in [0.2, 0.25) is 0 Å². The average molecular weight is 458 g/mol. The summed E-state index contributed by atoms with van der Waals surface area (Å²) in [5.41, 5.74) is 3.88. The second-order valence-electron chi connectivity index (χ2n) is 7.90. The summed E-state index contributed by atoms with van der Waals surface area (Å²) in [7, 11) is 1.54. The second kappa shape index (κ2) is 8.78. The molecule has 1 aliphatic rings. The van der Waals surface area contributed by atoms with Crippen LogP contribution in [0.4, 0.5) is 11.4 Å². The Hall–Kier alpha value is -4.53. The molecule has 4 rings (SSSR count). The van der Waals surface area contributed by atoms with E-state index in [0.29, 0.717) is 39.6 Å². The number of amides is 2. The molecule has 2 aromatic carbocycles. The summed E-state index contributed by atoms with van der Waals surface area (Å²) < 4.78 is 5.86. The Morgan fingerprint density at radius 2 is 1.76 bits per heavy atom. The van der Waals surface area contributed by atoms with Gasteiger partial charge in [-0.25, -0.2) is 0 Å². The first-order valence-electron chi connectivity index (χ1n) is 10.5. The van der Waals surface area contributed by atoms with Gasteiger partial charge in [-0.2, -0.15) is 10.1 Å². The van der Waals surface area contributed by atoms with E-state index in [0.717, 1.165) is 11.1 Å². The van der Waals surface area contributed by atoms with Gasteiger partial charge in [-0.05, 0) is 80.4 Å². The Balaban J connectivity index is 1.63. The van der Waals surface area contributed by atoms with Crippen molar-refractivity contribution >= 4 is 35.0 Å². The maximum absolute atomic E-state index is 13.0. The molecule has 0 aliphatic carbocycles. The first-order chi connectivity index (χ1) is 16.2. The van der Waals surface area contributed by atoms with Gasteiger partial charge in [-0.1, -0.05) is 0 Å². The number of nitrogens with one attached hydrogen (secondary N) is 1. The fraction of sp³-hybridized carbons (Fsp3) is 0.160. The first kappa shape index (κ1) is 22.7. The number of carbonyl (C=O) groups excluding carboxylic acids is 2. The van der Waals surface area contributed by atoms with Gasteiger partial charge in [0, 0.05) is 18.7 Å². The molecule has 1 aliphatic heterocycles. The summed E-state index contributed by atoms with van der Waals surface area (Å²) in [6, 6.07) is 13.1. The molecule has 0 unspecified atom stereocenters. The molecule has 1 aromatic heterocycles. The van der Waals surface area contributed by atoms with Crippen molar-refractivity contribution < 1.29 is 18.9 Å². The number of anilines is 1. The first-order valence-corrected chi connectivity index (χ1v) is 10.5. The molecule has 0 atom stereocenters. The lowest BCUT2D eigenvalue weighted by Gasteiger charge is -2.12. The van der Waals surface area contributed by atoms with E-state index in [4.69, 9.17) is 4.42 Å². The SMILES string of the molecule is CNC(=O)c1ccc(N2N=C(C)/C(=C\c3ccc(-c4cc(C)c(C)cc4[N+](=O)[O-])o3)C2=O)cc1. The van der Waals surface area contributed by atoms with Crippen molar-refractivity contribution in [3.05, 3.63) is 86.7 Å². The van der Waals surface area contributed by atoms with Gasteiger partial charge in [0.05, 0.1) is 27.5 Å². The van der Waals surface area contributed by atoms with E-state index in [1.54, 1.807) is 62.5 Å². The van der Waals surface area contributed by atoms with Crippen LogP contribution < -0.4 is 10.3 Å². The van der Waals surface area contributed by atoms with E-state index in [-0.39, 0.29) is 17.5 Å². The van der Waals surface area contributed by atoms with Gasteiger partial charge in [-0.15, -0.1) is 0 Å². The largest absolute Gasteiger partial charge is 0.456 e. The third-order valence-corrected chi connectivity index (χ3v) is 5.65. The summed E-state index contributed by atoms with van der Waals surface area (Å²) in [6.07, 6.45) is 1.57. The Morgan fingerprint density at radius 1 is 1.09 bits per heavy atom. The lowest BCUT2D eigenvalue weighted by Crippen LogP contribution is -2.22. The van der Waals surface area contributed by atoms with Crippen LogP contribution in [0.1, 0.15) is 34.2 Å². The number of benzene rings is 2. The van der Waals surface area contributed by atoms with Crippen LogP contribution >= 0.6 is 0 Å². The molecule has 0 bridgehead atoms. The van der Waals surface area contributed by atoms with Crippen molar-refractivity contribution in [2.45, 2.75) is 20.8 Å². The smallest absolute Gasteiger partial charge is 0.280 e. The van der Waals surface area contributed by atoms with Crippen molar-refractivity contribution in [3.8, 4) is 11.3 Å². The molecule has 9 nitrogen and oxygen atoms in total. The molecule has 0 fully saturated rings. The topological polar surface area (TPSA) is 118 Å². The molecule has 2 amide bonds. The van der Waals surface area contributed by atoms with E-state index >= 15 is 0 Å². The standard InChI is InChI=1S/C25H22N4O5/c1-14-11-21(22(29(32)33)12-15(14)2)23-10-9-19(34-23)13-20-16(3)27-28(25(20)31)18-7-5-17(6-8-18)24(30)26-4/h5-13H,1-4H3,(H,26,30)/b20-13+. The molecular weight excluding hydrogens is 436 g/mol. The summed E-state index contributed by atoms with van der Waals surface area (Å²) in [4.78, 5) is 35.9. The van der Waals surface area contributed by atoms with E-state index < -0.39 is 4.92 Å².